The molecule has 4 heteroatoms. The van der Waals surface area contributed by atoms with Gasteiger partial charge in [-0.2, -0.15) is 5.10 Å². The zero-order valence-electron chi connectivity index (χ0n) is 18.4. The van der Waals surface area contributed by atoms with E-state index in [0.29, 0.717) is 6.54 Å². The Morgan fingerprint density at radius 2 is 1.36 bits per heavy atom. The van der Waals surface area contributed by atoms with Crippen LogP contribution in [-0.2, 0) is 13.0 Å². The van der Waals surface area contributed by atoms with Crippen molar-refractivity contribution < 1.29 is 0 Å². The maximum Gasteiger partial charge on any atom is 0.0973 e. The molecule has 0 saturated carbocycles. The van der Waals surface area contributed by atoms with Crippen LogP contribution in [0.25, 0.3) is 16.9 Å². The van der Waals surface area contributed by atoms with Crippen molar-refractivity contribution in [1.29, 1.82) is 0 Å². The Morgan fingerprint density at radius 3 is 2.06 bits per heavy atom. The Kier molecular flexibility index (Phi) is 6.36. The van der Waals surface area contributed by atoms with Gasteiger partial charge >= 0.3 is 0 Å². The number of pyridine rings is 1. The van der Waals surface area contributed by atoms with E-state index in [1.165, 1.54) is 11.1 Å². The molecule has 0 bridgehead atoms. The molecule has 1 atom stereocenters. The second-order valence-electron chi connectivity index (χ2n) is 8.05. The van der Waals surface area contributed by atoms with E-state index in [1.807, 2.05) is 47.4 Å². The number of benzene rings is 3. The first kappa shape index (κ1) is 20.9. The summed E-state index contributed by atoms with van der Waals surface area (Å²) in [5.74, 6) is 0. The normalized spacial score (nSPS) is 11.9. The number of para-hydroxylation sites is 1. The summed E-state index contributed by atoms with van der Waals surface area (Å²) >= 11 is 0. The third-order valence-electron chi connectivity index (χ3n) is 5.79. The number of hydrogen-bond acceptors (Lipinski definition) is 3. The first-order chi connectivity index (χ1) is 16.4. The van der Waals surface area contributed by atoms with Gasteiger partial charge in [0.2, 0.25) is 0 Å². The smallest absolute Gasteiger partial charge is 0.0973 e. The Balaban J connectivity index is 1.46. The zero-order chi connectivity index (χ0) is 22.3. The first-order valence-electron chi connectivity index (χ1n) is 11.2. The molecule has 0 amide bonds. The van der Waals surface area contributed by atoms with Crippen molar-refractivity contribution in [2.45, 2.75) is 19.0 Å². The Hall–Kier alpha value is -4.02. The Labute approximate surface area is 194 Å². The Bertz CT molecular complexity index is 1270. The average Bonchev–Trinajstić information content (AvgIpc) is 3.33. The van der Waals surface area contributed by atoms with Crippen molar-refractivity contribution in [2.24, 2.45) is 0 Å². The van der Waals surface area contributed by atoms with Crippen LogP contribution in [0.1, 0.15) is 22.7 Å². The molecule has 0 fully saturated rings. The van der Waals surface area contributed by atoms with E-state index in [2.05, 4.69) is 89.3 Å². The predicted octanol–water partition coefficient (Wildman–Crippen LogP) is 6.01. The third kappa shape index (κ3) is 5.08. The second kappa shape index (κ2) is 10.1. The molecular formula is C29H26N4. The summed E-state index contributed by atoms with van der Waals surface area (Å²) < 4.78 is 1.96. The highest BCUT2D eigenvalue weighted by atomic mass is 15.3. The van der Waals surface area contributed by atoms with Crippen molar-refractivity contribution in [3.63, 3.8) is 0 Å². The minimum atomic E-state index is 0.193. The number of nitrogens with one attached hydrogen (secondary N) is 1. The molecule has 33 heavy (non-hydrogen) atoms. The van der Waals surface area contributed by atoms with Crippen molar-refractivity contribution >= 4 is 0 Å². The van der Waals surface area contributed by atoms with E-state index in [0.717, 1.165) is 28.9 Å². The fraction of sp³-hybridized carbons (Fsp3) is 0.103. The van der Waals surface area contributed by atoms with E-state index < -0.39 is 0 Å². The van der Waals surface area contributed by atoms with Crippen molar-refractivity contribution in [1.82, 2.24) is 20.1 Å². The predicted molar refractivity (Wildman–Crippen MR) is 133 cm³/mol. The van der Waals surface area contributed by atoms with Crippen LogP contribution in [0.4, 0.5) is 0 Å². The molecule has 0 aliphatic rings. The van der Waals surface area contributed by atoms with Gasteiger partial charge < -0.3 is 5.32 Å². The largest absolute Gasteiger partial charge is 0.305 e. The summed E-state index contributed by atoms with van der Waals surface area (Å²) in [4.78, 5) is 4.18. The summed E-state index contributed by atoms with van der Waals surface area (Å²) in [6.45, 7) is 0.705. The molecule has 2 aromatic heterocycles. The minimum absolute atomic E-state index is 0.193. The van der Waals surface area contributed by atoms with Gasteiger partial charge in [0.05, 0.1) is 11.4 Å². The third-order valence-corrected chi connectivity index (χ3v) is 5.79. The van der Waals surface area contributed by atoms with Crippen LogP contribution in [0.5, 0.6) is 0 Å². The highest BCUT2D eigenvalue weighted by Gasteiger charge is 2.16. The van der Waals surface area contributed by atoms with E-state index in [1.54, 1.807) is 0 Å². The first-order valence-corrected chi connectivity index (χ1v) is 11.2. The summed E-state index contributed by atoms with van der Waals surface area (Å²) in [6.07, 6.45) is 6.68. The van der Waals surface area contributed by atoms with Crippen LogP contribution in [-0.4, -0.2) is 14.8 Å². The van der Waals surface area contributed by atoms with E-state index >= 15 is 0 Å². The van der Waals surface area contributed by atoms with Gasteiger partial charge in [-0.1, -0.05) is 78.9 Å². The van der Waals surface area contributed by atoms with Crippen molar-refractivity contribution in [3.8, 4) is 16.9 Å². The van der Waals surface area contributed by atoms with Crippen LogP contribution in [0, 0.1) is 0 Å². The number of aromatic nitrogens is 3. The molecule has 5 aromatic rings. The summed E-state index contributed by atoms with van der Waals surface area (Å²) in [7, 11) is 0. The van der Waals surface area contributed by atoms with E-state index in [9.17, 15) is 0 Å². The highest BCUT2D eigenvalue weighted by Crippen LogP contribution is 2.25. The molecular weight excluding hydrogens is 404 g/mol. The second-order valence-corrected chi connectivity index (χ2v) is 8.05. The van der Waals surface area contributed by atoms with Gasteiger partial charge in [-0.3, -0.25) is 4.98 Å². The van der Waals surface area contributed by atoms with E-state index in [-0.39, 0.29) is 6.04 Å². The topological polar surface area (TPSA) is 42.7 Å². The molecule has 2 heterocycles. The average molecular weight is 431 g/mol. The number of hydrogen-bond donors (Lipinski definition) is 1. The van der Waals surface area contributed by atoms with E-state index in [4.69, 9.17) is 5.10 Å². The molecule has 0 radical (unpaired) electrons. The van der Waals surface area contributed by atoms with Gasteiger partial charge in [0.1, 0.15) is 0 Å². The summed E-state index contributed by atoms with van der Waals surface area (Å²) in [5.41, 5.74) is 6.83. The molecule has 0 saturated heterocycles. The van der Waals surface area contributed by atoms with Crippen molar-refractivity contribution in [2.75, 3.05) is 0 Å². The molecule has 162 valence electrons. The Morgan fingerprint density at radius 1 is 0.727 bits per heavy atom. The van der Waals surface area contributed by atoms with Gasteiger partial charge in [0.25, 0.3) is 0 Å². The highest BCUT2D eigenvalue weighted by molar-refractivity contribution is 5.62. The monoisotopic (exact) mass is 430 g/mol. The minimum Gasteiger partial charge on any atom is -0.305 e. The molecule has 3 aromatic carbocycles. The number of rotatable bonds is 8. The molecule has 0 aliphatic carbocycles. The molecule has 5 rings (SSSR count). The van der Waals surface area contributed by atoms with Crippen molar-refractivity contribution in [3.05, 3.63) is 138 Å². The lowest BCUT2D eigenvalue weighted by Crippen LogP contribution is -2.23. The zero-order valence-corrected chi connectivity index (χ0v) is 18.4. The van der Waals surface area contributed by atoms with Crippen LogP contribution >= 0.6 is 0 Å². The lowest BCUT2D eigenvalue weighted by molar-refractivity contribution is 0.531. The van der Waals surface area contributed by atoms with Gasteiger partial charge in [0.15, 0.2) is 0 Å². The molecule has 1 N–H and O–H groups in total. The molecule has 0 aliphatic heterocycles. The maximum absolute atomic E-state index is 4.93. The molecule has 0 unspecified atom stereocenters. The van der Waals surface area contributed by atoms with Crippen LogP contribution in [0.15, 0.2) is 122 Å². The lowest BCUT2D eigenvalue weighted by Gasteiger charge is -2.19. The van der Waals surface area contributed by atoms with Gasteiger partial charge in [-0.15, -0.1) is 0 Å². The van der Waals surface area contributed by atoms with Gasteiger partial charge in [-0.05, 0) is 41.8 Å². The van der Waals surface area contributed by atoms with Gasteiger partial charge in [-0.25, -0.2) is 4.68 Å². The lowest BCUT2D eigenvalue weighted by atomic mass is 9.98. The summed E-state index contributed by atoms with van der Waals surface area (Å²) in [6, 6.07) is 35.7. The van der Waals surface area contributed by atoms with Crippen LogP contribution in [0.3, 0.4) is 0 Å². The molecule has 4 nitrogen and oxygen atoms in total. The fourth-order valence-electron chi connectivity index (χ4n) is 4.08. The quantitative estimate of drug-likeness (QED) is 0.328. The number of nitrogens with zero attached hydrogens (tertiary/aromatic N) is 3. The fourth-order valence-corrected chi connectivity index (χ4v) is 4.08. The van der Waals surface area contributed by atoms with Crippen LogP contribution in [0.2, 0.25) is 0 Å². The molecule has 0 spiro atoms. The maximum atomic E-state index is 4.93. The SMILES string of the molecule is c1ccc(C[C@@H](NCc2cn(-c3ccccc3)nc2-c2ccncc2)c2ccccc2)cc1. The summed E-state index contributed by atoms with van der Waals surface area (Å²) in [5, 5.41) is 8.74. The standard InChI is InChI=1S/C29H26N4/c1-4-10-23(11-5-1)20-28(24-12-6-2-7-13-24)31-21-26-22-33(27-14-8-3-9-15-27)32-29(26)25-16-18-30-19-17-25/h1-19,22,28,31H,20-21H2/t28-/m1/s1. The van der Waals surface area contributed by atoms with Gasteiger partial charge in [0, 0.05) is 42.3 Å². The van der Waals surface area contributed by atoms with Crippen LogP contribution < -0.4 is 5.32 Å².